The molecule has 2 rings (SSSR count). The number of nitrogens with two attached hydrogens (primary N) is 1. The van der Waals surface area contributed by atoms with E-state index in [9.17, 15) is 0 Å². The lowest BCUT2D eigenvalue weighted by Gasteiger charge is -2.16. The van der Waals surface area contributed by atoms with Crippen LogP contribution in [0.15, 0.2) is 18.2 Å². The lowest BCUT2D eigenvalue weighted by molar-refractivity contribution is 0.0676. The molecule has 92 valence electrons. The van der Waals surface area contributed by atoms with Crippen LogP contribution < -0.4 is 10.5 Å². The molecule has 0 saturated carbocycles. The average molecular weight is 234 g/mol. The maximum Gasteiger partial charge on any atom is 0.133 e. The molecule has 4 heteroatoms. The highest BCUT2D eigenvalue weighted by Gasteiger charge is 2.17. The number of para-hydroxylation sites is 1. The van der Waals surface area contributed by atoms with Crippen molar-refractivity contribution in [2.75, 3.05) is 13.2 Å². The van der Waals surface area contributed by atoms with Crippen LogP contribution in [0.4, 0.5) is 0 Å². The van der Waals surface area contributed by atoms with Crippen LogP contribution in [0.1, 0.15) is 24.0 Å². The Balaban J connectivity index is 2.10. The molecule has 1 aliphatic heterocycles. The topological polar surface area (TPSA) is 68.3 Å². The summed E-state index contributed by atoms with van der Waals surface area (Å²) in [5.74, 6) is 0.742. The van der Waals surface area contributed by atoms with Gasteiger partial charge in [0.2, 0.25) is 0 Å². The van der Waals surface area contributed by atoms with Crippen molar-refractivity contribution in [2.45, 2.75) is 25.9 Å². The molecular weight excluding hydrogens is 216 g/mol. The van der Waals surface area contributed by atoms with E-state index in [1.807, 2.05) is 19.1 Å². The predicted molar refractivity (Wildman–Crippen MR) is 66.7 cm³/mol. The van der Waals surface area contributed by atoms with Crippen molar-refractivity contribution in [3.63, 3.8) is 0 Å². The second-order valence-electron chi connectivity index (χ2n) is 4.31. The summed E-state index contributed by atoms with van der Waals surface area (Å²) in [4.78, 5) is 0. The smallest absolute Gasteiger partial charge is 0.133 e. The van der Waals surface area contributed by atoms with Gasteiger partial charge in [-0.3, -0.25) is 5.41 Å². The van der Waals surface area contributed by atoms with Crippen LogP contribution in [-0.2, 0) is 4.74 Å². The summed E-state index contributed by atoms with van der Waals surface area (Å²) in [7, 11) is 0. The van der Waals surface area contributed by atoms with E-state index >= 15 is 0 Å². The fourth-order valence-electron chi connectivity index (χ4n) is 2.01. The standard InChI is InChI=1S/C13H18N2O2/c1-9-4-2-6-11(13(14)15)12(9)17-8-10-5-3-7-16-10/h2,4,6,10H,3,5,7-8H2,1H3,(H3,14,15). The molecule has 0 radical (unpaired) electrons. The highest BCUT2D eigenvalue weighted by Crippen LogP contribution is 2.24. The Morgan fingerprint density at radius 3 is 3.06 bits per heavy atom. The molecular formula is C13H18N2O2. The molecule has 1 saturated heterocycles. The molecule has 1 aromatic carbocycles. The second kappa shape index (κ2) is 5.19. The lowest BCUT2D eigenvalue weighted by Crippen LogP contribution is -2.19. The Kier molecular flexibility index (Phi) is 3.64. The minimum absolute atomic E-state index is 0.0380. The van der Waals surface area contributed by atoms with E-state index < -0.39 is 0 Å². The van der Waals surface area contributed by atoms with Crippen LogP contribution in [0.25, 0.3) is 0 Å². The first-order chi connectivity index (χ1) is 8.18. The number of ether oxygens (including phenoxy) is 2. The summed E-state index contributed by atoms with van der Waals surface area (Å²) in [6.45, 7) is 3.31. The zero-order valence-corrected chi connectivity index (χ0v) is 10.0. The number of amidine groups is 1. The summed E-state index contributed by atoms with van der Waals surface area (Å²) < 4.78 is 11.3. The Morgan fingerprint density at radius 1 is 1.59 bits per heavy atom. The quantitative estimate of drug-likeness (QED) is 0.617. The van der Waals surface area contributed by atoms with Gasteiger partial charge >= 0.3 is 0 Å². The Labute approximate surface area is 101 Å². The number of hydrogen-bond donors (Lipinski definition) is 2. The van der Waals surface area contributed by atoms with E-state index in [0.29, 0.717) is 17.9 Å². The van der Waals surface area contributed by atoms with Gasteiger partial charge < -0.3 is 15.2 Å². The first-order valence-electron chi connectivity index (χ1n) is 5.87. The number of nitrogens with one attached hydrogen (secondary N) is 1. The number of aryl methyl sites for hydroxylation is 1. The van der Waals surface area contributed by atoms with Crippen molar-refractivity contribution in [2.24, 2.45) is 5.73 Å². The van der Waals surface area contributed by atoms with Crippen LogP contribution in [-0.4, -0.2) is 25.2 Å². The molecule has 4 nitrogen and oxygen atoms in total. The van der Waals surface area contributed by atoms with E-state index in [1.165, 1.54) is 0 Å². The van der Waals surface area contributed by atoms with Gasteiger partial charge in [-0.1, -0.05) is 12.1 Å². The third-order valence-electron chi connectivity index (χ3n) is 2.94. The van der Waals surface area contributed by atoms with Crippen LogP contribution >= 0.6 is 0 Å². The monoisotopic (exact) mass is 234 g/mol. The second-order valence-corrected chi connectivity index (χ2v) is 4.31. The van der Waals surface area contributed by atoms with Gasteiger partial charge in [-0.25, -0.2) is 0 Å². The van der Waals surface area contributed by atoms with Crippen molar-refractivity contribution in [1.82, 2.24) is 0 Å². The van der Waals surface area contributed by atoms with Crippen molar-refractivity contribution < 1.29 is 9.47 Å². The highest BCUT2D eigenvalue weighted by molar-refractivity contribution is 5.98. The van der Waals surface area contributed by atoms with Crippen LogP contribution in [0, 0.1) is 12.3 Å². The Bertz CT molecular complexity index is 412. The van der Waals surface area contributed by atoms with Gasteiger partial charge in [0.1, 0.15) is 18.2 Å². The number of hydrogen-bond acceptors (Lipinski definition) is 3. The van der Waals surface area contributed by atoms with Crippen molar-refractivity contribution >= 4 is 5.84 Å². The molecule has 1 heterocycles. The van der Waals surface area contributed by atoms with E-state index in [0.717, 1.165) is 25.0 Å². The molecule has 1 unspecified atom stereocenters. The van der Waals surface area contributed by atoms with Gasteiger partial charge in [-0.15, -0.1) is 0 Å². The van der Waals surface area contributed by atoms with Gasteiger partial charge in [0.15, 0.2) is 0 Å². The summed E-state index contributed by atoms with van der Waals surface area (Å²) in [6.07, 6.45) is 2.32. The molecule has 0 spiro atoms. The minimum Gasteiger partial charge on any atom is -0.490 e. The van der Waals surface area contributed by atoms with Crippen molar-refractivity contribution in [3.05, 3.63) is 29.3 Å². The van der Waals surface area contributed by atoms with E-state index in [2.05, 4.69) is 0 Å². The van der Waals surface area contributed by atoms with Gasteiger partial charge in [-0.2, -0.15) is 0 Å². The van der Waals surface area contributed by atoms with E-state index in [-0.39, 0.29) is 11.9 Å². The van der Waals surface area contributed by atoms with Crippen LogP contribution in [0.2, 0.25) is 0 Å². The SMILES string of the molecule is Cc1cccc(C(=N)N)c1OCC1CCCO1. The summed E-state index contributed by atoms with van der Waals surface area (Å²) >= 11 is 0. The molecule has 0 aliphatic carbocycles. The minimum atomic E-state index is 0.0380. The number of rotatable bonds is 4. The summed E-state index contributed by atoms with van der Waals surface area (Å²) in [5, 5.41) is 7.53. The molecule has 1 aromatic rings. The zero-order valence-electron chi connectivity index (χ0n) is 10.0. The van der Waals surface area contributed by atoms with Gasteiger partial charge in [-0.05, 0) is 31.4 Å². The largest absolute Gasteiger partial charge is 0.490 e. The molecule has 1 aliphatic rings. The molecule has 0 bridgehead atoms. The molecule has 1 atom stereocenters. The Morgan fingerprint density at radius 2 is 2.41 bits per heavy atom. The number of benzene rings is 1. The fourth-order valence-corrected chi connectivity index (χ4v) is 2.01. The van der Waals surface area contributed by atoms with Crippen molar-refractivity contribution in [3.8, 4) is 5.75 Å². The lowest BCUT2D eigenvalue weighted by atomic mass is 10.1. The van der Waals surface area contributed by atoms with Gasteiger partial charge in [0.05, 0.1) is 11.7 Å². The zero-order chi connectivity index (χ0) is 12.3. The average Bonchev–Trinajstić information content (AvgIpc) is 2.80. The summed E-state index contributed by atoms with van der Waals surface area (Å²) in [5.41, 5.74) is 7.19. The predicted octanol–water partition coefficient (Wildman–Crippen LogP) is 1.84. The normalized spacial score (nSPS) is 19.2. The Hall–Kier alpha value is -1.55. The van der Waals surface area contributed by atoms with Gasteiger partial charge in [0.25, 0.3) is 0 Å². The number of nitrogen functional groups attached to an aromatic ring is 1. The molecule has 0 aromatic heterocycles. The highest BCUT2D eigenvalue weighted by atomic mass is 16.5. The van der Waals surface area contributed by atoms with E-state index in [1.54, 1.807) is 6.07 Å². The third kappa shape index (κ3) is 2.77. The molecule has 17 heavy (non-hydrogen) atoms. The first-order valence-corrected chi connectivity index (χ1v) is 5.87. The molecule has 1 fully saturated rings. The maximum absolute atomic E-state index is 7.53. The molecule has 3 N–H and O–H groups in total. The summed E-state index contributed by atoms with van der Waals surface area (Å²) in [6, 6.07) is 5.64. The fraction of sp³-hybridized carbons (Fsp3) is 0.462. The third-order valence-corrected chi connectivity index (χ3v) is 2.94. The molecule has 0 amide bonds. The first kappa shape index (κ1) is 11.9. The van der Waals surface area contributed by atoms with E-state index in [4.69, 9.17) is 20.6 Å². The van der Waals surface area contributed by atoms with Crippen molar-refractivity contribution in [1.29, 1.82) is 5.41 Å². The van der Waals surface area contributed by atoms with Crippen LogP contribution in [0.5, 0.6) is 5.75 Å². The maximum atomic E-state index is 7.53. The van der Waals surface area contributed by atoms with Crippen LogP contribution in [0.3, 0.4) is 0 Å². The van der Waals surface area contributed by atoms with Gasteiger partial charge in [0, 0.05) is 6.61 Å².